The van der Waals surface area contributed by atoms with E-state index in [1.54, 1.807) is 0 Å². The van der Waals surface area contributed by atoms with Crippen LogP contribution in [0.1, 0.15) is 25.0 Å². The maximum absolute atomic E-state index is 6.37. The lowest BCUT2D eigenvalue weighted by Crippen LogP contribution is -2.15. The van der Waals surface area contributed by atoms with Crippen molar-refractivity contribution in [3.05, 3.63) is 57.0 Å². The Kier molecular flexibility index (Phi) is 2.39. The van der Waals surface area contributed by atoms with Gasteiger partial charge in [-0.05, 0) is 40.5 Å². The van der Waals surface area contributed by atoms with Gasteiger partial charge < -0.3 is 0 Å². The van der Waals surface area contributed by atoms with Crippen LogP contribution in [0.4, 0.5) is 0 Å². The first-order valence-corrected chi connectivity index (χ1v) is 6.78. The summed E-state index contributed by atoms with van der Waals surface area (Å²) in [7, 11) is 0. The van der Waals surface area contributed by atoms with E-state index < -0.39 is 0 Å². The van der Waals surface area contributed by atoms with Gasteiger partial charge in [0.25, 0.3) is 0 Å². The van der Waals surface area contributed by atoms with Crippen molar-refractivity contribution in [2.75, 3.05) is 0 Å². The lowest BCUT2D eigenvalue weighted by Gasteiger charge is -2.22. The van der Waals surface area contributed by atoms with Gasteiger partial charge in [-0.25, -0.2) is 0 Å². The van der Waals surface area contributed by atoms with Gasteiger partial charge in [0.1, 0.15) is 0 Å². The first kappa shape index (κ1) is 11.3. The Morgan fingerprint density at radius 1 is 1.06 bits per heavy atom. The quantitative estimate of drug-likeness (QED) is 0.610. The number of hydrogen-bond acceptors (Lipinski definition) is 0. The number of fused-ring (bicyclic) bond motifs is 3. The van der Waals surface area contributed by atoms with Crippen LogP contribution in [-0.4, -0.2) is 0 Å². The predicted molar refractivity (Wildman–Crippen MR) is 76.7 cm³/mol. The van der Waals surface area contributed by atoms with Crippen molar-refractivity contribution >= 4 is 27.5 Å². The minimum atomic E-state index is -0.0210. The second-order valence-corrected chi connectivity index (χ2v) is 6.30. The van der Waals surface area contributed by atoms with E-state index in [0.29, 0.717) is 0 Å². The number of hydrogen-bond donors (Lipinski definition) is 0. The summed E-state index contributed by atoms with van der Waals surface area (Å²) in [4.78, 5) is 0. The first-order chi connectivity index (χ1) is 8.01. The van der Waals surface area contributed by atoms with E-state index in [1.807, 2.05) is 12.1 Å². The first-order valence-electron chi connectivity index (χ1n) is 5.61. The molecule has 2 heteroatoms. The molecule has 0 nitrogen and oxygen atoms in total. The van der Waals surface area contributed by atoms with Crippen molar-refractivity contribution in [1.29, 1.82) is 0 Å². The summed E-state index contributed by atoms with van der Waals surface area (Å²) in [5, 5.41) is 0.861. The van der Waals surface area contributed by atoms with Crippen LogP contribution >= 0.6 is 27.5 Å². The third-order valence-corrected chi connectivity index (χ3v) is 4.39. The molecular weight excluding hydrogens is 296 g/mol. The predicted octanol–water partition coefficient (Wildman–Crippen LogP) is 5.41. The highest BCUT2D eigenvalue weighted by molar-refractivity contribution is 9.10. The van der Waals surface area contributed by atoms with Gasteiger partial charge in [0.15, 0.2) is 0 Å². The zero-order valence-corrected chi connectivity index (χ0v) is 12.1. The van der Waals surface area contributed by atoms with Gasteiger partial charge >= 0.3 is 0 Å². The lowest BCUT2D eigenvalue weighted by atomic mass is 9.82. The van der Waals surface area contributed by atoms with Crippen molar-refractivity contribution in [3.8, 4) is 11.1 Å². The molecule has 0 saturated heterocycles. The van der Waals surface area contributed by atoms with Gasteiger partial charge in [-0.15, -0.1) is 0 Å². The van der Waals surface area contributed by atoms with E-state index in [2.05, 4.69) is 54.0 Å². The highest BCUT2D eigenvalue weighted by atomic mass is 79.9. The van der Waals surface area contributed by atoms with Crippen molar-refractivity contribution in [3.63, 3.8) is 0 Å². The van der Waals surface area contributed by atoms with E-state index >= 15 is 0 Å². The fourth-order valence-corrected chi connectivity index (χ4v) is 3.56. The molecular formula is C15H12BrCl. The highest BCUT2D eigenvalue weighted by Crippen LogP contribution is 2.51. The van der Waals surface area contributed by atoms with Gasteiger partial charge in [-0.2, -0.15) is 0 Å². The van der Waals surface area contributed by atoms with Gasteiger partial charge in [-0.3, -0.25) is 0 Å². The molecule has 1 aliphatic carbocycles. The Morgan fingerprint density at radius 3 is 2.59 bits per heavy atom. The molecule has 0 amide bonds. The third-order valence-electron chi connectivity index (χ3n) is 3.58. The summed E-state index contributed by atoms with van der Waals surface area (Å²) < 4.78 is 1.12. The van der Waals surface area contributed by atoms with E-state index in [-0.39, 0.29) is 5.41 Å². The minimum absolute atomic E-state index is 0.0210. The molecule has 0 N–H and O–H groups in total. The molecule has 0 atom stereocenters. The molecule has 0 aromatic heterocycles. The molecule has 2 aromatic rings. The van der Waals surface area contributed by atoms with Crippen LogP contribution < -0.4 is 0 Å². The van der Waals surface area contributed by atoms with Crippen molar-refractivity contribution < 1.29 is 0 Å². The maximum Gasteiger partial charge on any atom is 0.0453 e. The van der Waals surface area contributed by atoms with Gasteiger partial charge in [0.05, 0.1) is 0 Å². The van der Waals surface area contributed by atoms with Crippen molar-refractivity contribution in [2.24, 2.45) is 0 Å². The molecule has 1 aliphatic rings. The molecule has 0 aliphatic heterocycles. The summed E-state index contributed by atoms with van der Waals surface area (Å²) in [5.74, 6) is 0. The fraction of sp³-hybridized carbons (Fsp3) is 0.200. The Balaban J connectivity index is 2.42. The summed E-state index contributed by atoms with van der Waals surface area (Å²) >= 11 is 9.92. The van der Waals surface area contributed by atoms with Gasteiger partial charge in [0, 0.05) is 14.9 Å². The van der Waals surface area contributed by atoms with Crippen LogP contribution in [0.3, 0.4) is 0 Å². The molecule has 3 rings (SSSR count). The molecule has 17 heavy (non-hydrogen) atoms. The summed E-state index contributed by atoms with van der Waals surface area (Å²) in [6.45, 7) is 4.46. The van der Waals surface area contributed by atoms with Gasteiger partial charge in [-0.1, -0.05) is 59.6 Å². The smallest absolute Gasteiger partial charge is 0.0453 e. The zero-order chi connectivity index (χ0) is 12.2. The molecule has 2 aromatic carbocycles. The summed E-state index contributed by atoms with van der Waals surface area (Å²) in [6.07, 6.45) is 0. The van der Waals surface area contributed by atoms with E-state index in [0.717, 1.165) is 9.50 Å². The average molecular weight is 308 g/mol. The molecule has 0 fully saturated rings. The molecule has 0 spiro atoms. The van der Waals surface area contributed by atoms with E-state index in [9.17, 15) is 0 Å². The topological polar surface area (TPSA) is 0 Å². The minimum Gasteiger partial charge on any atom is -0.0840 e. The van der Waals surface area contributed by atoms with Crippen LogP contribution in [0.2, 0.25) is 5.02 Å². The third kappa shape index (κ3) is 1.49. The zero-order valence-electron chi connectivity index (χ0n) is 9.72. The number of benzene rings is 2. The Bertz CT molecular complexity index is 614. The lowest BCUT2D eigenvalue weighted by molar-refractivity contribution is 0.660. The van der Waals surface area contributed by atoms with Crippen molar-refractivity contribution in [2.45, 2.75) is 19.3 Å². The van der Waals surface area contributed by atoms with Crippen LogP contribution in [0.25, 0.3) is 11.1 Å². The Morgan fingerprint density at radius 2 is 1.82 bits per heavy atom. The maximum atomic E-state index is 6.37. The molecule has 86 valence electrons. The van der Waals surface area contributed by atoms with Gasteiger partial charge in [0.2, 0.25) is 0 Å². The normalized spacial score (nSPS) is 15.5. The molecule has 0 radical (unpaired) electrons. The number of rotatable bonds is 0. The Hall–Kier alpha value is -0.790. The summed E-state index contributed by atoms with van der Waals surface area (Å²) in [5.41, 5.74) is 5.14. The SMILES string of the molecule is CC1(C)c2cc(Br)ccc2-c2cccc(Cl)c21. The highest BCUT2D eigenvalue weighted by Gasteiger charge is 2.36. The van der Waals surface area contributed by atoms with Crippen LogP contribution in [0, 0.1) is 0 Å². The molecule has 0 heterocycles. The standard InChI is InChI=1S/C15H12BrCl/c1-15(2)12-8-9(16)6-7-10(12)11-4-3-5-13(17)14(11)15/h3-8H,1-2H3. The largest absolute Gasteiger partial charge is 0.0840 e. The molecule has 0 unspecified atom stereocenters. The van der Waals surface area contributed by atoms with E-state index in [1.165, 1.54) is 22.3 Å². The second kappa shape index (κ2) is 3.60. The van der Waals surface area contributed by atoms with Crippen LogP contribution in [0.5, 0.6) is 0 Å². The van der Waals surface area contributed by atoms with Crippen molar-refractivity contribution in [1.82, 2.24) is 0 Å². The molecule has 0 bridgehead atoms. The number of halogens is 2. The second-order valence-electron chi connectivity index (χ2n) is 4.98. The van der Waals surface area contributed by atoms with E-state index in [4.69, 9.17) is 11.6 Å². The Labute approximate surface area is 115 Å². The average Bonchev–Trinajstić information content (AvgIpc) is 2.49. The van der Waals surface area contributed by atoms with Crippen LogP contribution in [-0.2, 0) is 5.41 Å². The fourth-order valence-electron chi connectivity index (χ4n) is 2.79. The molecule has 0 saturated carbocycles. The van der Waals surface area contributed by atoms with Crippen LogP contribution in [0.15, 0.2) is 40.9 Å². The summed E-state index contributed by atoms with van der Waals surface area (Å²) in [6, 6.07) is 12.6. The monoisotopic (exact) mass is 306 g/mol.